The van der Waals surface area contributed by atoms with Crippen LogP contribution in [0, 0.1) is 11.8 Å². The van der Waals surface area contributed by atoms with E-state index >= 15 is 0 Å². The highest BCUT2D eigenvalue weighted by molar-refractivity contribution is 6.30. The second kappa shape index (κ2) is 10.8. The first-order valence-electron chi connectivity index (χ1n) is 11.6. The lowest BCUT2D eigenvalue weighted by Gasteiger charge is -2.22. The molecule has 1 aliphatic carbocycles. The number of rotatable bonds is 7. The molecule has 1 unspecified atom stereocenters. The molecule has 0 aromatic heterocycles. The quantitative estimate of drug-likeness (QED) is 0.205. The molecule has 1 saturated carbocycles. The second-order valence-corrected chi connectivity index (χ2v) is 9.99. The Labute approximate surface area is 204 Å². The van der Waals surface area contributed by atoms with Crippen molar-refractivity contribution in [2.45, 2.75) is 57.5 Å². The molecule has 33 heavy (non-hydrogen) atoms. The fourth-order valence-electron chi connectivity index (χ4n) is 4.89. The number of cyclic esters (lactones) is 1. The molecule has 0 radical (unpaired) electrons. The van der Waals surface area contributed by atoms with Crippen molar-refractivity contribution < 1.29 is 19.4 Å². The molecule has 4 rings (SSSR count). The number of hydrogen-bond acceptors (Lipinski definition) is 4. The minimum absolute atomic E-state index is 0.191. The molecule has 4 nitrogen and oxygen atoms in total. The van der Waals surface area contributed by atoms with E-state index in [1.54, 1.807) is 24.3 Å². The first-order chi connectivity index (χ1) is 15.9. The zero-order chi connectivity index (χ0) is 23.4. The number of aliphatic hydroxyl groups excluding tert-OH is 1. The molecule has 0 bridgehead atoms. The van der Waals surface area contributed by atoms with Crippen LogP contribution in [0.15, 0.2) is 59.9 Å². The smallest absolute Gasteiger partial charge is 0.346 e. The van der Waals surface area contributed by atoms with E-state index in [1.165, 1.54) is 6.42 Å². The van der Waals surface area contributed by atoms with Crippen LogP contribution in [-0.4, -0.2) is 23.0 Å². The van der Waals surface area contributed by atoms with Gasteiger partial charge in [-0.05, 0) is 60.6 Å². The molecular weight excluding hydrogens is 459 g/mol. The first kappa shape index (κ1) is 23.8. The summed E-state index contributed by atoms with van der Waals surface area (Å²) in [7, 11) is 0. The Hall–Kier alpha value is -2.30. The minimum atomic E-state index is -0.788. The number of ether oxygens (including phenoxy) is 1. The lowest BCUT2D eigenvalue weighted by Crippen LogP contribution is -2.23. The van der Waals surface area contributed by atoms with Crippen LogP contribution in [-0.2, 0) is 27.2 Å². The number of halogens is 2. The van der Waals surface area contributed by atoms with E-state index in [0.29, 0.717) is 35.2 Å². The number of carbonyl (C=O) groups excluding carboxylic acids is 2. The van der Waals surface area contributed by atoms with Gasteiger partial charge in [-0.15, -0.1) is 0 Å². The summed E-state index contributed by atoms with van der Waals surface area (Å²) in [6.45, 7) is 0. The van der Waals surface area contributed by atoms with Gasteiger partial charge >= 0.3 is 5.97 Å². The van der Waals surface area contributed by atoms with Crippen LogP contribution in [0.3, 0.4) is 0 Å². The summed E-state index contributed by atoms with van der Waals surface area (Å²) in [4.78, 5) is 25.8. The standard InChI is InChI=1S/C27H28Cl2O4/c28-21-10-6-18(7-11-21)14-20(15-19-8-12-22(29)13-9-19)25(30)24-26(31)23(33-27(24)32)16-17-4-2-1-3-5-17/h6-13,17,20,23,30H,1-5,14-16H2. The normalized spacial score (nSPS) is 20.9. The van der Waals surface area contributed by atoms with Gasteiger partial charge in [-0.1, -0.05) is 79.6 Å². The van der Waals surface area contributed by atoms with Crippen LogP contribution in [0.25, 0.3) is 0 Å². The topological polar surface area (TPSA) is 63.6 Å². The lowest BCUT2D eigenvalue weighted by molar-refractivity contribution is -0.141. The molecule has 0 amide bonds. The predicted molar refractivity (Wildman–Crippen MR) is 130 cm³/mol. The summed E-state index contributed by atoms with van der Waals surface area (Å²) in [5.74, 6) is -1.37. The average molecular weight is 487 g/mol. The molecule has 0 spiro atoms. The molecule has 174 valence electrons. The molecular formula is C27H28Cl2O4. The Morgan fingerprint density at radius 2 is 1.39 bits per heavy atom. The number of Topliss-reactive ketones (excluding diaryl/α,β-unsaturated/α-hetero) is 1. The number of ketones is 1. The van der Waals surface area contributed by atoms with Gasteiger partial charge in [-0.25, -0.2) is 4.79 Å². The highest BCUT2D eigenvalue weighted by Crippen LogP contribution is 2.34. The Bertz CT molecular complexity index is 974. The molecule has 1 atom stereocenters. The van der Waals surface area contributed by atoms with Gasteiger partial charge in [0.15, 0.2) is 6.10 Å². The van der Waals surface area contributed by atoms with Gasteiger partial charge in [0, 0.05) is 16.0 Å². The number of hydrogen-bond donors (Lipinski definition) is 1. The third kappa shape index (κ3) is 5.99. The van der Waals surface area contributed by atoms with E-state index in [4.69, 9.17) is 27.9 Å². The Kier molecular flexibility index (Phi) is 7.77. The van der Waals surface area contributed by atoms with Gasteiger partial charge in [0.2, 0.25) is 5.78 Å². The van der Waals surface area contributed by atoms with Crippen LogP contribution in [0.4, 0.5) is 0 Å². The third-order valence-electron chi connectivity index (χ3n) is 6.70. The van der Waals surface area contributed by atoms with E-state index in [-0.39, 0.29) is 17.1 Å². The fourth-order valence-corrected chi connectivity index (χ4v) is 5.15. The van der Waals surface area contributed by atoms with Crippen molar-refractivity contribution in [2.24, 2.45) is 11.8 Å². The summed E-state index contributed by atoms with van der Waals surface area (Å²) < 4.78 is 5.45. The third-order valence-corrected chi connectivity index (χ3v) is 7.20. The lowest BCUT2D eigenvalue weighted by atomic mass is 9.84. The molecule has 1 saturated heterocycles. The van der Waals surface area contributed by atoms with E-state index in [9.17, 15) is 14.7 Å². The summed E-state index contributed by atoms with van der Waals surface area (Å²) in [6, 6.07) is 14.7. The van der Waals surface area contributed by atoms with Crippen molar-refractivity contribution in [1.29, 1.82) is 0 Å². The average Bonchev–Trinajstić information content (AvgIpc) is 3.09. The van der Waals surface area contributed by atoms with Crippen LogP contribution in [0.2, 0.25) is 10.0 Å². The zero-order valence-corrected chi connectivity index (χ0v) is 19.9. The largest absolute Gasteiger partial charge is 0.511 e. The van der Waals surface area contributed by atoms with Crippen molar-refractivity contribution in [3.8, 4) is 0 Å². The monoisotopic (exact) mass is 486 g/mol. The molecule has 1 heterocycles. The van der Waals surface area contributed by atoms with E-state index in [1.807, 2.05) is 24.3 Å². The van der Waals surface area contributed by atoms with Gasteiger partial charge < -0.3 is 9.84 Å². The van der Waals surface area contributed by atoms with E-state index < -0.39 is 18.0 Å². The number of esters is 1. The van der Waals surface area contributed by atoms with Crippen LogP contribution in [0.1, 0.15) is 49.7 Å². The Morgan fingerprint density at radius 1 is 0.879 bits per heavy atom. The summed E-state index contributed by atoms with van der Waals surface area (Å²) in [6.07, 6.45) is 6.29. The summed E-state index contributed by atoms with van der Waals surface area (Å²) in [5, 5.41) is 12.5. The summed E-state index contributed by atoms with van der Waals surface area (Å²) in [5.41, 5.74) is 1.70. The maximum atomic E-state index is 13.1. The van der Waals surface area contributed by atoms with Gasteiger partial charge in [-0.2, -0.15) is 0 Å². The number of carbonyl (C=O) groups is 2. The molecule has 2 fully saturated rings. The van der Waals surface area contributed by atoms with E-state index in [0.717, 1.165) is 36.8 Å². The van der Waals surface area contributed by atoms with Crippen molar-refractivity contribution in [3.63, 3.8) is 0 Å². The molecule has 2 aliphatic rings. The molecule has 1 aliphatic heterocycles. The maximum absolute atomic E-state index is 13.1. The number of benzene rings is 2. The molecule has 6 heteroatoms. The molecule has 1 N–H and O–H groups in total. The van der Waals surface area contributed by atoms with Gasteiger partial charge in [0.05, 0.1) is 0 Å². The van der Waals surface area contributed by atoms with Crippen LogP contribution < -0.4 is 0 Å². The fraction of sp³-hybridized carbons (Fsp3) is 0.407. The van der Waals surface area contributed by atoms with Crippen molar-refractivity contribution in [2.75, 3.05) is 0 Å². The summed E-state index contributed by atoms with van der Waals surface area (Å²) >= 11 is 12.0. The first-order valence-corrected chi connectivity index (χ1v) is 12.3. The SMILES string of the molecule is O=C1OC(CC2CCCCC2)C(=O)C1=C(O)C(Cc1ccc(Cl)cc1)Cc1ccc(Cl)cc1. The van der Waals surface area contributed by atoms with Gasteiger partial charge in [-0.3, -0.25) is 4.79 Å². The van der Waals surface area contributed by atoms with Gasteiger partial charge in [0.25, 0.3) is 0 Å². The Balaban J connectivity index is 1.59. The second-order valence-electron chi connectivity index (χ2n) is 9.12. The van der Waals surface area contributed by atoms with Crippen molar-refractivity contribution in [3.05, 3.63) is 81.0 Å². The molecule has 2 aromatic carbocycles. The molecule has 2 aromatic rings. The number of aliphatic hydroxyl groups is 1. The maximum Gasteiger partial charge on any atom is 0.346 e. The van der Waals surface area contributed by atoms with Crippen molar-refractivity contribution in [1.82, 2.24) is 0 Å². The van der Waals surface area contributed by atoms with Gasteiger partial charge in [0.1, 0.15) is 11.3 Å². The van der Waals surface area contributed by atoms with Crippen LogP contribution in [0.5, 0.6) is 0 Å². The predicted octanol–water partition coefficient (Wildman–Crippen LogP) is 6.67. The Morgan fingerprint density at radius 3 is 1.91 bits per heavy atom. The van der Waals surface area contributed by atoms with Crippen molar-refractivity contribution >= 4 is 35.0 Å². The van der Waals surface area contributed by atoms with E-state index in [2.05, 4.69) is 0 Å². The highest BCUT2D eigenvalue weighted by atomic mass is 35.5. The highest BCUT2D eigenvalue weighted by Gasteiger charge is 2.43. The zero-order valence-electron chi connectivity index (χ0n) is 18.4. The number of allylic oxidation sites excluding steroid dienone is 1. The van der Waals surface area contributed by atoms with Crippen LogP contribution >= 0.6 is 23.2 Å². The minimum Gasteiger partial charge on any atom is -0.511 e.